The number of anilines is 1. The molecule has 0 aliphatic carbocycles. The largest absolute Gasteiger partial charge is 0.356 e. The Balaban J connectivity index is 1.42. The number of halogens is 1. The maximum Gasteiger partial charge on any atom is 0.254 e. The van der Waals surface area contributed by atoms with E-state index in [-0.39, 0.29) is 11.7 Å². The lowest BCUT2D eigenvalue weighted by Crippen LogP contribution is -2.36. The van der Waals surface area contributed by atoms with Crippen molar-refractivity contribution in [2.45, 2.75) is 25.7 Å². The third kappa shape index (κ3) is 2.98. The SMILES string of the molecule is Cc1cc(N2CCCC(c3nc(-c4cccc(F)c4)no3)C2)n2ncnc2n1. The van der Waals surface area contributed by atoms with E-state index < -0.39 is 0 Å². The van der Waals surface area contributed by atoms with Gasteiger partial charge in [-0.05, 0) is 31.9 Å². The molecule has 4 aromatic rings. The lowest BCUT2D eigenvalue weighted by atomic mass is 9.98. The summed E-state index contributed by atoms with van der Waals surface area (Å²) in [6, 6.07) is 8.22. The molecule has 1 aliphatic heterocycles. The van der Waals surface area contributed by atoms with Crippen LogP contribution < -0.4 is 4.90 Å². The minimum absolute atomic E-state index is 0.0932. The summed E-state index contributed by atoms with van der Waals surface area (Å²) in [5, 5.41) is 8.35. The number of fused-ring (bicyclic) bond motifs is 1. The van der Waals surface area contributed by atoms with Gasteiger partial charge in [0.15, 0.2) is 0 Å². The average Bonchev–Trinajstić information content (AvgIpc) is 3.37. The molecule has 9 heteroatoms. The fourth-order valence-corrected chi connectivity index (χ4v) is 3.67. The topological polar surface area (TPSA) is 85.2 Å². The van der Waals surface area contributed by atoms with Gasteiger partial charge in [0, 0.05) is 30.4 Å². The first-order chi connectivity index (χ1) is 13.7. The van der Waals surface area contributed by atoms with Crippen LogP contribution in [-0.2, 0) is 0 Å². The van der Waals surface area contributed by atoms with Gasteiger partial charge in [0.05, 0.1) is 5.92 Å². The van der Waals surface area contributed by atoms with Crippen LogP contribution >= 0.6 is 0 Å². The summed E-state index contributed by atoms with van der Waals surface area (Å²) in [6.45, 7) is 3.58. The van der Waals surface area contributed by atoms with E-state index in [1.807, 2.05) is 13.0 Å². The summed E-state index contributed by atoms with van der Waals surface area (Å²) < 4.78 is 20.7. The first-order valence-corrected chi connectivity index (χ1v) is 9.19. The van der Waals surface area contributed by atoms with Gasteiger partial charge in [-0.1, -0.05) is 17.3 Å². The zero-order valence-electron chi connectivity index (χ0n) is 15.3. The van der Waals surface area contributed by atoms with Gasteiger partial charge in [0.1, 0.15) is 18.0 Å². The normalized spacial score (nSPS) is 17.4. The monoisotopic (exact) mass is 379 g/mol. The Morgan fingerprint density at radius 3 is 3.04 bits per heavy atom. The molecule has 0 spiro atoms. The summed E-state index contributed by atoms with van der Waals surface area (Å²) in [4.78, 5) is 15.4. The minimum Gasteiger partial charge on any atom is -0.356 e. The first kappa shape index (κ1) is 16.8. The molecule has 1 aliphatic rings. The molecule has 1 fully saturated rings. The van der Waals surface area contributed by atoms with Crippen molar-refractivity contribution in [1.82, 2.24) is 29.7 Å². The molecule has 0 N–H and O–H groups in total. The van der Waals surface area contributed by atoms with Crippen molar-refractivity contribution >= 4 is 11.6 Å². The fraction of sp³-hybridized carbons (Fsp3) is 0.316. The molecule has 4 heterocycles. The summed E-state index contributed by atoms with van der Waals surface area (Å²) >= 11 is 0. The standard InChI is InChI=1S/C19H18FN7O/c1-12-8-16(27-19(23-12)21-11-22-27)26-7-3-5-14(10-26)18-24-17(25-28-18)13-4-2-6-15(20)9-13/h2,4,6,8-9,11,14H,3,5,7,10H2,1H3. The molecule has 3 aromatic heterocycles. The highest BCUT2D eigenvalue weighted by Gasteiger charge is 2.28. The van der Waals surface area contributed by atoms with Crippen LogP contribution in [0.2, 0.25) is 0 Å². The van der Waals surface area contributed by atoms with Gasteiger partial charge in [-0.2, -0.15) is 19.6 Å². The maximum absolute atomic E-state index is 13.5. The highest BCUT2D eigenvalue weighted by Crippen LogP contribution is 2.30. The number of hydrogen-bond donors (Lipinski definition) is 0. The van der Waals surface area contributed by atoms with Crippen LogP contribution in [-0.4, -0.2) is 42.8 Å². The number of aromatic nitrogens is 6. The van der Waals surface area contributed by atoms with E-state index in [9.17, 15) is 4.39 Å². The van der Waals surface area contributed by atoms with Crippen molar-refractivity contribution in [3.63, 3.8) is 0 Å². The number of benzene rings is 1. The Hall–Kier alpha value is -3.36. The summed E-state index contributed by atoms with van der Waals surface area (Å²) in [7, 11) is 0. The van der Waals surface area contributed by atoms with E-state index in [4.69, 9.17) is 4.52 Å². The van der Waals surface area contributed by atoms with Crippen molar-refractivity contribution in [1.29, 1.82) is 0 Å². The molecule has 28 heavy (non-hydrogen) atoms. The second-order valence-corrected chi connectivity index (χ2v) is 6.98. The number of hydrogen-bond acceptors (Lipinski definition) is 7. The van der Waals surface area contributed by atoms with E-state index in [1.165, 1.54) is 18.5 Å². The summed E-state index contributed by atoms with van der Waals surface area (Å²) in [5.41, 5.74) is 1.50. The number of aryl methyl sites for hydroxylation is 1. The minimum atomic E-state index is -0.322. The van der Waals surface area contributed by atoms with Crippen molar-refractivity contribution in [3.8, 4) is 11.4 Å². The average molecular weight is 379 g/mol. The van der Waals surface area contributed by atoms with Gasteiger partial charge in [0.2, 0.25) is 11.7 Å². The van der Waals surface area contributed by atoms with E-state index in [0.29, 0.717) is 23.1 Å². The lowest BCUT2D eigenvalue weighted by Gasteiger charge is -2.32. The van der Waals surface area contributed by atoms with Gasteiger partial charge in [-0.25, -0.2) is 9.37 Å². The summed E-state index contributed by atoms with van der Waals surface area (Å²) in [6.07, 6.45) is 3.45. The smallest absolute Gasteiger partial charge is 0.254 e. The second-order valence-electron chi connectivity index (χ2n) is 6.98. The van der Waals surface area contributed by atoms with Gasteiger partial charge in [-0.15, -0.1) is 0 Å². The van der Waals surface area contributed by atoms with Crippen LogP contribution in [0.1, 0.15) is 30.3 Å². The molecular weight excluding hydrogens is 361 g/mol. The summed E-state index contributed by atoms with van der Waals surface area (Å²) in [5.74, 6) is 2.29. The molecule has 1 saturated heterocycles. The highest BCUT2D eigenvalue weighted by atomic mass is 19.1. The lowest BCUT2D eigenvalue weighted by molar-refractivity contribution is 0.333. The van der Waals surface area contributed by atoms with Crippen LogP contribution in [0, 0.1) is 12.7 Å². The van der Waals surface area contributed by atoms with Crippen molar-refractivity contribution in [3.05, 3.63) is 54.1 Å². The van der Waals surface area contributed by atoms with Crippen molar-refractivity contribution in [2.75, 3.05) is 18.0 Å². The van der Waals surface area contributed by atoms with Gasteiger partial charge in [-0.3, -0.25) is 0 Å². The van der Waals surface area contributed by atoms with Crippen LogP contribution in [0.15, 0.2) is 41.2 Å². The van der Waals surface area contributed by atoms with Gasteiger partial charge >= 0.3 is 0 Å². The molecule has 1 aromatic carbocycles. The Kier molecular flexibility index (Phi) is 4.00. The van der Waals surface area contributed by atoms with Crippen LogP contribution in [0.25, 0.3) is 17.2 Å². The van der Waals surface area contributed by atoms with Crippen LogP contribution in [0.5, 0.6) is 0 Å². The molecule has 5 rings (SSSR count). The van der Waals surface area contributed by atoms with Gasteiger partial charge < -0.3 is 9.42 Å². The zero-order chi connectivity index (χ0) is 19.1. The fourth-order valence-electron chi connectivity index (χ4n) is 3.67. The molecule has 0 bridgehead atoms. The van der Waals surface area contributed by atoms with Crippen LogP contribution in [0.4, 0.5) is 10.2 Å². The molecule has 0 radical (unpaired) electrons. The third-order valence-corrected chi connectivity index (χ3v) is 4.98. The Bertz CT molecular complexity index is 1140. The third-order valence-electron chi connectivity index (χ3n) is 4.98. The zero-order valence-corrected chi connectivity index (χ0v) is 15.3. The molecule has 8 nitrogen and oxygen atoms in total. The quantitative estimate of drug-likeness (QED) is 0.541. The van der Waals surface area contributed by atoms with Crippen LogP contribution in [0.3, 0.4) is 0 Å². The Morgan fingerprint density at radius 2 is 2.14 bits per heavy atom. The van der Waals surface area contributed by atoms with E-state index in [1.54, 1.807) is 16.6 Å². The van der Waals surface area contributed by atoms with Gasteiger partial charge in [0.25, 0.3) is 5.78 Å². The first-order valence-electron chi connectivity index (χ1n) is 9.19. The predicted molar refractivity (Wildman–Crippen MR) is 99.4 cm³/mol. The van der Waals surface area contributed by atoms with Crippen molar-refractivity contribution in [2.24, 2.45) is 0 Å². The number of piperidine rings is 1. The predicted octanol–water partition coefficient (Wildman–Crippen LogP) is 3.01. The maximum atomic E-state index is 13.5. The second kappa shape index (κ2) is 6.66. The van der Waals surface area contributed by atoms with E-state index in [0.717, 1.165) is 37.4 Å². The molecule has 142 valence electrons. The Labute approximate surface area is 160 Å². The number of rotatable bonds is 3. The van der Waals surface area contributed by atoms with E-state index in [2.05, 4.69) is 30.1 Å². The highest BCUT2D eigenvalue weighted by molar-refractivity contribution is 5.54. The Morgan fingerprint density at radius 1 is 1.21 bits per heavy atom. The molecule has 0 saturated carbocycles. The van der Waals surface area contributed by atoms with E-state index >= 15 is 0 Å². The van der Waals surface area contributed by atoms with Crippen molar-refractivity contribution < 1.29 is 8.91 Å². The number of nitrogens with zero attached hydrogens (tertiary/aromatic N) is 7. The molecule has 1 atom stereocenters. The molecular formula is C19H18FN7O. The molecule has 1 unspecified atom stereocenters. The molecule has 0 amide bonds.